The Bertz CT molecular complexity index is 462. The quantitative estimate of drug-likeness (QED) is 0.839. The number of halogens is 3. The van der Waals surface area contributed by atoms with Crippen LogP contribution in [-0.4, -0.2) is 4.98 Å². The molecule has 0 aliphatic carbocycles. The summed E-state index contributed by atoms with van der Waals surface area (Å²) >= 11 is 1.42. The Kier molecular flexibility index (Phi) is 3.09. The summed E-state index contributed by atoms with van der Waals surface area (Å²) in [7, 11) is 0. The molecule has 0 radical (unpaired) electrons. The molecular weight excluding hydrogens is 237 g/mol. The zero-order chi connectivity index (χ0) is 11.5. The minimum atomic E-state index is -1.46. The molecule has 16 heavy (non-hydrogen) atoms. The molecule has 0 saturated carbocycles. The second kappa shape index (κ2) is 4.52. The van der Waals surface area contributed by atoms with Crippen LogP contribution in [0.15, 0.2) is 23.7 Å². The predicted molar refractivity (Wildman–Crippen MR) is 55.8 cm³/mol. The van der Waals surface area contributed by atoms with Crippen LogP contribution in [0.2, 0.25) is 0 Å². The van der Waals surface area contributed by atoms with E-state index in [1.807, 2.05) is 0 Å². The molecule has 0 bridgehead atoms. The SMILES string of the molecule is Fc1cc(NCc2nccs2)cc(F)c1F. The fraction of sp³-hybridized carbons (Fsp3) is 0.100. The van der Waals surface area contributed by atoms with Crippen molar-refractivity contribution in [1.29, 1.82) is 0 Å². The number of nitrogens with one attached hydrogen (secondary N) is 1. The van der Waals surface area contributed by atoms with Gasteiger partial charge in [-0.1, -0.05) is 0 Å². The van der Waals surface area contributed by atoms with Crippen LogP contribution in [-0.2, 0) is 6.54 Å². The monoisotopic (exact) mass is 244 g/mol. The maximum Gasteiger partial charge on any atom is 0.194 e. The highest BCUT2D eigenvalue weighted by molar-refractivity contribution is 7.09. The number of rotatable bonds is 3. The highest BCUT2D eigenvalue weighted by Crippen LogP contribution is 2.18. The Morgan fingerprint density at radius 3 is 2.44 bits per heavy atom. The van der Waals surface area contributed by atoms with Gasteiger partial charge in [0.15, 0.2) is 17.5 Å². The number of benzene rings is 1. The lowest BCUT2D eigenvalue weighted by Gasteiger charge is -2.05. The first kappa shape index (κ1) is 10.9. The molecule has 0 saturated heterocycles. The van der Waals surface area contributed by atoms with Gasteiger partial charge in [0.2, 0.25) is 0 Å². The van der Waals surface area contributed by atoms with Crippen LogP contribution in [0.25, 0.3) is 0 Å². The Morgan fingerprint density at radius 2 is 1.88 bits per heavy atom. The van der Waals surface area contributed by atoms with Crippen LogP contribution in [0.3, 0.4) is 0 Å². The summed E-state index contributed by atoms with van der Waals surface area (Å²) < 4.78 is 38.3. The average molecular weight is 244 g/mol. The van der Waals surface area contributed by atoms with Crippen molar-refractivity contribution in [2.24, 2.45) is 0 Å². The number of anilines is 1. The molecule has 2 aromatic rings. The van der Waals surface area contributed by atoms with Gasteiger partial charge in [0.25, 0.3) is 0 Å². The van der Waals surface area contributed by atoms with Crippen molar-refractivity contribution >= 4 is 17.0 Å². The molecule has 2 nitrogen and oxygen atoms in total. The van der Waals surface area contributed by atoms with Gasteiger partial charge in [0, 0.05) is 29.4 Å². The summed E-state index contributed by atoms with van der Waals surface area (Å²) in [5.74, 6) is -3.87. The van der Waals surface area contributed by atoms with Crippen LogP contribution < -0.4 is 5.32 Å². The molecule has 6 heteroatoms. The van der Waals surface area contributed by atoms with Crippen LogP contribution >= 0.6 is 11.3 Å². The zero-order valence-electron chi connectivity index (χ0n) is 8.01. The largest absolute Gasteiger partial charge is 0.378 e. The average Bonchev–Trinajstić information content (AvgIpc) is 2.75. The number of hydrogen-bond donors (Lipinski definition) is 1. The fourth-order valence-electron chi connectivity index (χ4n) is 1.18. The highest BCUT2D eigenvalue weighted by Gasteiger charge is 2.10. The minimum Gasteiger partial charge on any atom is -0.378 e. The molecule has 0 amide bonds. The Morgan fingerprint density at radius 1 is 1.19 bits per heavy atom. The van der Waals surface area contributed by atoms with Crippen molar-refractivity contribution in [2.45, 2.75) is 6.54 Å². The molecule has 1 N–H and O–H groups in total. The van der Waals surface area contributed by atoms with Gasteiger partial charge in [-0.05, 0) is 0 Å². The third-order valence-electron chi connectivity index (χ3n) is 1.91. The fourth-order valence-corrected chi connectivity index (χ4v) is 1.73. The lowest BCUT2D eigenvalue weighted by atomic mass is 10.3. The standard InChI is InChI=1S/C10H7F3N2S/c11-7-3-6(4-8(12)10(7)13)15-5-9-14-1-2-16-9/h1-4,15H,5H2. The third-order valence-corrected chi connectivity index (χ3v) is 2.69. The maximum atomic E-state index is 12.8. The summed E-state index contributed by atoms with van der Waals surface area (Å²) in [6, 6.07) is 1.82. The molecule has 0 spiro atoms. The molecule has 84 valence electrons. The molecule has 0 unspecified atom stereocenters. The Labute approximate surface area is 93.8 Å². The summed E-state index contributed by atoms with van der Waals surface area (Å²) in [4.78, 5) is 3.99. The van der Waals surface area contributed by atoms with E-state index >= 15 is 0 Å². The van der Waals surface area contributed by atoms with E-state index in [9.17, 15) is 13.2 Å². The van der Waals surface area contributed by atoms with Crippen molar-refractivity contribution in [3.63, 3.8) is 0 Å². The molecule has 0 aliphatic rings. The number of aromatic nitrogens is 1. The third kappa shape index (κ3) is 2.33. The van der Waals surface area contributed by atoms with Gasteiger partial charge in [0.1, 0.15) is 5.01 Å². The Balaban J connectivity index is 2.10. The predicted octanol–water partition coefficient (Wildman–Crippen LogP) is 3.17. The van der Waals surface area contributed by atoms with Gasteiger partial charge in [0.05, 0.1) is 6.54 Å². The van der Waals surface area contributed by atoms with Gasteiger partial charge in [-0.15, -0.1) is 11.3 Å². The van der Waals surface area contributed by atoms with E-state index < -0.39 is 17.5 Å². The van der Waals surface area contributed by atoms with Crippen molar-refractivity contribution in [1.82, 2.24) is 4.98 Å². The van der Waals surface area contributed by atoms with Crippen molar-refractivity contribution in [2.75, 3.05) is 5.32 Å². The minimum absolute atomic E-state index is 0.187. The van der Waals surface area contributed by atoms with Gasteiger partial charge in [-0.2, -0.15) is 0 Å². The molecule has 0 aliphatic heterocycles. The number of thiazole rings is 1. The zero-order valence-corrected chi connectivity index (χ0v) is 8.82. The highest BCUT2D eigenvalue weighted by atomic mass is 32.1. The first-order valence-corrected chi connectivity index (χ1v) is 5.31. The lowest BCUT2D eigenvalue weighted by molar-refractivity contribution is 0.447. The smallest absolute Gasteiger partial charge is 0.194 e. The van der Waals surface area contributed by atoms with Crippen LogP contribution in [0.5, 0.6) is 0 Å². The normalized spacial score (nSPS) is 10.4. The van der Waals surface area contributed by atoms with Gasteiger partial charge in [-0.3, -0.25) is 0 Å². The van der Waals surface area contributed by atoms with E-state index in [0.717, 1.165) is 17.1 Å². The second-order valence-electron chi connectivity index (χ2n) is 3.03. The number of hydrogen-bond acceptors (Lipinski definition) is 3. The molecular formula is C10H7F3N2S. The van der Waals surface area contributed by atoms with E-state index in [4.69, 9.17) is 0 Å². The summed E-state index contributed by atoms with van der Waals surface area (Å²) in [5.41, 5.74) is 0.187. The van der Waals surface area contributed by atoms with Crippen LogP contribution in [0, 0.1) is 17.5 Å². The van der Waals surface area contributed by atoms with Crippen molar-refractivity contribution < 1.29 is 13.2 Å². The summed E-state index contributed by atoms with van der Waals surface area (Å²) in [6.45, 7) is 0.349. The van der Waals surface area contributed by atoms with E-state index in [0.29, 0.717) is 6.54 Å². The second-order valence-corrected chi connectivity index (χ2v) is 4.01. The Hall–Kier alpha value is -1.56. The van der Waals surface area contributed by atoms with E-state index in [-0.39, 0.29) is 5.69 Å². The molecule has 0 fully saturated rings. The van der Waals surface area contributed by atoms with E-state index in [1.54, 1.807) is 11.6 Å². The van der Waals surface area contributed by atoms with Gasteiger partial charge >= 0.3 is 0 Å². The lowest BCUT2D eigenvalue weighted by Crippen LogP contribution is -2.01. The van der Waals surface area contributed by atoms with Gasteiger partial charge in [-0.25, -0.2) is 18.2 Å². The number of nitrogens with zero attached hydrogens (tertiary/aromatic N) is 1. The van der Waals surface area contributed by atoms with Crippen molar-refractivity contribution in [3.8, 4) is 0 Å². The molecule has 1 heterocycles. The van der Waals surface area contributed by atoms with Crippen LogP contribution in [0.1, 0.15) is 5.01 Å². The molecule has 2 rings (SSSR count). The molecule has 1 aromatic heterocycles. The first-order chi connectivity index (χ1) is 7.66. The van der Waals surface area contributed by atoms with Crippen LogP contribution in [0.4, 0.5) is 18.9 Å². The topological polar surface area (TPSA) is 24.9 Å². The summed E-state index contributed by atoms with van der Waals surface area (Å²) in [5, 5.41) is 5.33. The molecule has 0 atom stereocenters. The van der Waals surface area contributed by atoms with E-state index in [2.05, 4.69) is 10.3 Å². The van der Waals surface area contributed by atoms with Crippen molar-refractivity contribution in [3.05, 3.63) is 46.2 Å². The first-order valence-electron chi connectivity index (χ1n) is 4.43. The van der Waals surface area contributed by atoms with E-state index in [1.165, 1.54) is 11.3 Å². The molecule has 1 aromatic carbocycles. The summed E-state index contributed by atoms with van der Waals surface area (Å²) in [6.07, 6.45) is 1.63. The van der Waals surface area contributed by atoms with Gasteiger partial charge < -0.3 is 5.32 Å². The maximum absolute atomic E-state index is 12.8.